The van der Waals surface area contributed by atoms with Gasteiger partial charge in [-0.1, -0.05) is 12.8 Å². The summed E-state index contributed by atoms with van der Waals surface area (Å²) in [7, 11) is 3.45. The van der Waals surface area contributed by atoms with Crippen molar-refractivity contribution in [2.24, 2.45) is 11.7 Å². The summed E-state index contributed by atoms with van der Waals surface area (Å²) in [5.41, 5.74) is 5.80. The van der Waals surface area contributed by atoms with E-state index in [9.17, 15) is 4.79 Å². The Bertz CT molecular complexity index is 203. The third-order valence-electron chi connectivity index (χ3n) is 2.97. The van der Waals surface area contributed by atoms with Crippen molar-refractivity contribution in [2.45, 2.75) is 31.7 Å². The third kappa shape index (κ3) is 3.80. The van der Waals surface area contributed by atoms with Gasteiger partial charge in [-0.2, -0.15) is 0 Å². The minimum atomic E-state index is -0.0784. The van der Waals surface area contributed by atoms with E-state index in [2.05, 4.69) is 0 Å². The normalized spacial score (nSPS) is 19.1. The second-order valence-electron chi connectivity index (χ2n) is 4.42. The van der Waals surface area contributed by atoms with Gasteiger partial charge in [-0.05, 0) is 12.8 Å². The molecule has 0 aromatic rings. The molecular weight excluding hydrogens is 192 g/mol. The van der Waals surface area contributed by atoms with Gasteiger partial charge in [-0.25, -0.2) is 0 Å². The van der Waals surface area contributed by atoms with Crippen LogP contribution in [0.1, 0.15) is 25.7 Å². The van der Waals surface area contributed by atoms with Crippen molar-refractivity contribution < 1.29 is 9.53 Å². The molecule has 1 atom stereocenters. The SMILES string of the molecule is COCC(N)CN(C)C(=O)C1CCCC1. The van der Waals surface area contributed by atoms with Crippen LogP contribution in [0, 0.1) is 5.92 Å². The molecule has 1 aliphatic carbocycles. The maximum absolute atomic E-state index is 11.9. The van der Waals surface area contributed by atoms with Crippen LogP contribution in [0.5, 0.6) is 0 Å². The Morgan fingerprint density at radius 2 is 2.13 bits per heavy atom. The lowest BCUT2D eigenvalue weighted by Gasteiger charge is -2.23. The maximum Gasteiger partial charge on any atom is 0.225 e. The number of carbonyl (C=O) groups is 1. The van der Waals surface area contributed by atoms with Crippen molar-refractivity contribution in [3.63, 3.8) is 0 Å². The number of nitrogens with two attached hydrogens (primary N) is 1. The Morgan fingerprint density at radius 1 is 1.53 bits per heavy atom. The number of amides is 1. The molecular formula is C11H22N2O2. The molecule has 88 valence electrons. The Balaban J connectivity index is 2.31. The van der Waals surface area contributed by atoms with Gasteiger partial charge in [0, 0.05) is 32.7 Å². The molecule has 0 radical (unpaired) electrons. The van der Waals surface area contributed by atoms with Crippen LogP contribution >= 0.6 is 0 Å². The Morgan fingerprint density at radius 3 is 2.67 bits per heavy atom. The van der Waals surface area contributed by atoms with Crippen molar-refractivity contribution in [3.05, 3.63) is 0 Å². The van der Waals surface area contributed by atoms with Gasteiger partial charge in [0.2, 0.25) is 5.91 Å². The van der Waals surface area contributed by atoms with Gasteiger partial charge >= 0.3 is 0 Å². The van der Waals surface area contributed by atoms with Gasteiger partial charge in [0.25, 0.3) is 0 Å². The number of rotatable bonds is 5. The average molecular weight is 214 g/mol. The number of methoxy groups -OCH3 is 1. The van der Waals surface area contributed by atoms with E-state index in [1.54, 1.807) is 12.0 Å². The van der Waals surface area contributed by atoms with Gasteiger partial charge < -0.3 is 15.4 Å². The predicted octanol–water partition coefficient (Wildman–Crippen LogP) is 0.609. The van der Waals surface area contributed by atoms with Crippen molar-refractivity contribution in [1.82, 2.24) is 4.90 Å². The molecule has 0 heterocycles. The quantitative estimate of drug-likeness (QED) is 0.729. The summed E-state index contributed by atoms with van der Waals surface area (Å²) in [6, 6.07) is -0.0784. The van der Waals surface area contributed by atoms with Crippen molar-refractivity contribution in [2.75, 3.05) is 27.3 Å². The number of likely N-dealkylation sites (N-methyl/N-ethyl adjacent to an activating group) is 1. The molecule has 0 saturated heterocycles. The third-order valence-corrected chi connectivity index (χ3v) is 2.97. The first kappa shape index (κ1) is 12.5. The van der Waals surface area contributed by atoms with E-state index in [0.717, 1.165) is 12.8 Å². The van der Waals surface area contributed by atoms with Crippen molar-refractivity contribution in [3.8, 4) is 0 Å². The fraction of sp³-hybridized carbons (Fsp3) is 0.909. The fourth-order valence-corrected chi connectivity index (χ4v) is 2.19. The van der Waals surface area contributed by atoms with E-state index in [0.29, 0.717) is 13.2 Å². The van der Waals surface area contributed by atoms with E-state index in [1.165, 1.54) is 12.8 Å². The van der Waals surface area contributed by atoms with Gasteiger partial charge in [-0.15, -0.1) is 0 Å². The van der Waals surface area contributed by atoms with Gasteiger partial charge in [0.1, 0.15) is 0 Å². The zero-order chi connectivity index (χ0) is 11.3. The molecule has 2 N–H and O–H groups in total. The summed E-state index contributed by atoms with van der Waals surface area (Å²) in [6.45, 7) is 1.09. The summed E-state index contributed by atoms with van der Waals surface area (Å²) in [4.78, 5) is 13.7. The zero-order valence-electron chi connectivity index (χ0n) is 9.74. The monoisotopic (exact) mass is 214 g/mol. The first-order valence-corrected chi connectivity index (χ1v) is 5.64. The standard InChI is InChI=1S/C11H22N2O2/c1-13(7-10(12)8-15-2)11(14)9-5-3-4-6-9/h9-10H,3-8,12H2,1-2H3. The van der Waals surface area contributed by atoms with Crippen LogP contribution in [-0.2, 0) is 9.53 Å². The molecule has 1 amide bonds. The summed E-state index contributed by atoms with van der Waals surface area (Å²) in [6.07, 6.45) is 4.47. The molecule has 1 saturated carbocycles. The molecule has 0 spiro atoms. The fourth-order valence-electron chi connectivity index (χ4n) is 2.19. The second-order valence-corrected chi connectivity index (χ2v) is 4.42. The molecule has 0 aromatic carbocycles. The van der Waals surface area contributed by atoms with Crippen molar-refractivity contribution >= 4 is 5.91 Å². The van der Waals surface area contributed by atoms with Gasteiger partial charge in [0.15, 0.2) is 0 Å². The first-order valence-electron chi connectivity index (χ1n) is 5.64. The van der Waals surface area contributed by atoms with Gasteiger partial charge in [0.05, 0.1) is 6.61 Å². The molecule has 4 heteroatoms. The Labute approximate surface area is 91.8 Å². The lowest BCUT2D eigenvalue weighted by molar-refractivity contribution is -0.134. The number of carbonyl (C=O) groups excluding carboxylic acids is 1. The van der Waals surface area contributed by atoms with Crippen LogP contribution in [0.2, 0.25) is 0 Å². The minimum absolute atomic E-state index is 0.0784. The second kappa shape index (κ2) is 6.08. The molecule has 0 bridgehead atoms. The number of hydrogen-bond donors (Lipinski definition) is 1. The highest BCUT2D eigenvalue weighted by molar-refractivity contribution is 5.78. The largest absolute Gasteiger partial charge is 0.383 e. The molecule has 4 nitrogen and oxygen atoms in total. The number of ether oxygens (including phenoxy) is 1. The van der Waals surface area contributed by atoms with E-state index in [-0.39, 0.29) is 17.9 Å². The van der Waals surface area contributed by atoms with E-state index >= 15 is 0 Å². The van der Waals surface area contributed by atoms with Crippen LogP contribution in [0.4, 0.5) is 0 Å². The summed E-state index contributed by atoms with van der Waals surface area (Å²) < 4.78 is 4.95. The zero-order valence-corrected chi connectivity index (χ0v) is 9.74. The molecule has 1 aliphatic rings. The van der Waals surface area contributed by atoms with Crippen LogP contribution in [0.25, 0.3) is 0 Å². The molecule has 0 aromatic heterocycles. The lowest BCUT2D eigenvalue weighted by Crippen LogP contribution is -2.42. The maximum atomic E-state index is 11.9. The Kier molecular flexibility index (Phi) is 5.05. The average Bonchev–Trinajstić information content (AvgIpc) is 2.69. The predicted molar refractivity (Wildman–Crippen MR) is 59.4 cm³/mol. The van der Waals surface area contributed by atoms with E-state index in [4.69, 9.17) is 10.5 Å². The highest BCUT2D eigenvalue weighted by Crippen LogP contribution is 2.26. The van der Waals surface area contributed by atoms with Gasteiger partial charge in [-0.3, -0.25) is 4.79 Å². The summed E-state index contributed by atoms with van der Waals surface area (Å²) >= 11 is 0. The Hall–Kier alpha value is -0.610. The summed E-state index contributed by atoms with van der Waals surface area (Å²) in [5, 5.41) is 0. The molecule has 1 rings (SSSR count). The number of hydrogen-bond acceptors (Lipinski definition) is 3. The lowest BCUT2D eigenvalue weighted by atomic mass is 10.1. The summed E-state index contributed by atoms with van der Waals surface area (Å²) in [5.74, 6) is 0.490. The van der Waals surface area contributed by atoms with Crippen LogP contribution in [0.3, 0.4) is 0 Å². The molecule has 1 fully saturated rings. The van der Waals surface area contributed by atoms with E-state index in [1.807, 2.05) is 7.05 Å². The van der Waals surface area contributed by atoms with Crippen LogP contribution < -0.4 is 5.73 Å². The highest BCUT2D eigenvalue weighted by atomic mass is 16.5. The van der Waals surface area contributed by atoms with Crippen molar-refractivity contribution in [1.29, 1.82) is 0 Å². The molecule has 0 aliphatic heterocycles. The highest BCUT2D eigenvalue weighted by Gasteiger charge is 2.25. The van der Waals surface area contributed by atoms with E-state index < -0.39 is 0 Å². The molecule has 1 unspecified atom stereocenters. The van der Waals surface area contributed by atoms with Crippen LogP contribution in [0.15, 0.2) is 0 Å². The van der Waals surface area contributed by atoms with Crippen LogP contribution in [-0.4, -0.2) is 44.2 Å². The molecule has 15 heavy (non-hydrogen) atoms. The minimum Gasteiger partial charge on any atom is -0.383 e. The smallest absolute Gasteiger partial charge is 0.225 e. The number of nitrogens with zero attached hydrogens (tertiary/aromatic N) is 1. The first-order chi connectivity index (χ1) is 7.15. The topological polar surface area (TPSA) is 55.6 Å².